The molecule has 0 saturated heterocycles. The minimum absolute atomic E-state index is 0.0329. The third kappa shape index (κ3) is 2.65. The molecule has 0 unspecified atom stereocenters. The standard InChI is InChI=1S/C16H11BrN2O5/c1-24-11-4-2-9(3-5-11)8-18-15(20)12-6-10(17)7-13(19(22)23)14(12)16(18)21/h2-7H,8H2,1H3. The van der Waals surface area contributed by atoms with Crippen LogP contribution in [-0.2, 0) is 6.54 Å². The highest BCUT2D eigenvalue weighted by molar-refractivity contribution is 9.10. The Morgan fingerprint density at radius 1 is 1.17 bits per heavy atom. The van der Waals surface area contributed by atoms with E-state index in [1.165, 1.54) is 19.2 Å². The molecule has 0 fully saturated rings. The molecule has 1 aliphatic heterocycles. The van der Waals surface area contributed by atoms with Gasteiger partial charge < -0.3 is 4.74 Å². The Morgan fingerprint density at radius 3 is 2.42 bits per heavy atom. The molecule has 8 heteroatoms. The molecule has 1 heterocycles. The van der Waals surface area contributed by atoms with Gasteiger partial charge >= 0.3 is 0 Å². The highest BCUT2D eigenvalue weighted by atomic mass is 79.9. The lowest BCUT2D eigenvalue weighted by molar-refractivity contribution is -0.385. The molecule has 0 aliphatic carbocycles. The molecule has 1 aliphatic rings. The summed E-state index contributed by atoms with van der Waals surface area (Å²) in [6, 6.07) is 9.54. The topological polar surface area (TPSA) is 89.8 Å². The van der Waals surface area contributed by atoms with Crippen LogP contribution in [0.3, 0.4) is 0 Å². The number of fused-ring (bicyclic) bond motifs is 1. The molecule has 0 saturated carbocycles. The maximum Gasteiger partial charge on any atom is 0.284 e. The average Bonchev–Trinajstić information content (AvgIpc) is 2.79. The third-order valence-electron chi connectivity index (χ3n) is 3.71. The minimum atomic E-state index is -0.662. The zero-order valence-corrected chi connectivity index (χ0v) is 14.1. The van der Waals surface area contributed by atoms with Crippen molar-refractivity contribution >= 4 is 33.4 Å². The molecule has 0 aromatic heterocycles. The van der Waals surface area contributed by atoms with Crippen LogP contribution in [0.4, 0.5) is 5.69 Å². The van der Waals surface area contributed by atoms with Crippen molar-refractivity contribution in [2.45, 2.75) is 6.54 Å². The molecule has 0 N–H and O–H groups in total. The first-order chi connectivity index (χ1) is 11.4. The lowest BCUT2D eigenvalue weighted by atomic mass is 10.1. The molecule has 2 amide bonds. The summed E-state index contributed by atoms with van der Waals surface area (Å²) in [5.74, 6) is -0.555. The molecule has 2 aromatic carbocycles. The number of halogens is 1. The van der Waals surface area contributed by atoms with Gasteiger partial charge in [-0.15, -0.1) is 0 Å². The number of carbonyl (C=O) groups is 2. The van der Waals surface area contributed by atoms with Gasteiger partial charge in [0.25, 0.3) is 17.5 Å². The molecule has 24 heavy (non-hydrogen) atoms. The van der Waals surface area contributed by atoms with Gasteiger partial charge in [0.1, 0.15) is 11.3 Å². The number of amides is 2. The van der Waals surface area contributed by atoms with Gasteiger partial charge in [0.15, 0.2) is 0 Å². The van der Waals surface area contributed by atoms with Crippen LogP contribution in [0.25, 0.3) is 0 Å². The van der Waals surface area contributed by atoms with Crippen LogP contribution in [-0.4, -0.2) is 28.7 Å². The minimum Gasteiger partial charge on any atom is -0.497 e. The number of ether oxygens (including phenoxy) is 1. The van der Waals surface area contributed by atoms with Crippen LogP contribution in [0.15, 0.2) is 40.9 Å². The Morgan fingerprint density at radius 2 is 1.83 bits per heavy atom. The first kappa shape index (κ1) is 16.1. The zero-order chi connectivity index (χ0) is 17.4. The average molecular weight is 391 g/mol. The largest absolute Gasteiger partial charge is 0.497 e. The molecule has 122 valence electrons. The zero-order valence-electron chi connectivity index (χ0n) is 12.5. The third-order valence-corrected chi connectivity index (χ3v) is 4.17. The Bertz CT molecular complexity index is 864. The number of rotatable bonds is 4. The fraction of sp³-hybridized carbons (Fsp3) is 0.125. The number of benzene rings is 2. The second-order valence-electron chi connectivity index (χ2n) is 5.15. The number of nitro groups is 1. The maximum atomic E-state index is 12.5. The Kier molecular flexibility index (Phi) is 4.06. The molecule has 0 radical (unpaired) electrons. The summed E-state index contributed by atoms with van der Waals surface area (Å²) in [5.41, 5.74) is 0.207. The number of imide groups is 1. The van der Waals surface area contributed by atoms with Crippen molar-refractivity contribution in [3.8, 4) is 5.75 Å². The lowest BCUT2D eigenvalue weighted by Crippen LogP contribution is -2.29. The van der Waals surface area contributed by atoms with Crippen LogP contribution in [0, 0.1) is 10.1 Å². The van der Waals surface area contributed by atoms with Gasteiger partial charge in [-0.3, -0.25) is 24.6 Å². The number of methoxy groups -OCH3 is 1. The fourth-order valence-electron chi connectivity index (χ4n) is 2.56. The van der Waals surface area contributed by atoms with Crippen LogP contribution in [0.2, 0.25) is 0 Å². The van der Waals surface area contributed by atoms with E-state index in [0.717, 1.165) is 4.90 Å². The van der Waals surface area contributed by atoms with E-state index in [9.17, 15) is 19.7 Å². The highest BCUT2D eigenvalue weighted by Crippen LogP contribution is 2.34. The molecule has 7 nitrogen and oxygen atoms in total. The molecule has 3 rings (SSSR count). The summed E-state index contributed by atoms with van der Waals surface area (Å²) in [6.45, 7) is 0.0329. The predicted octanol–water partition coefficient (Wildman–Crippen LogP) is 3.16. The Hall–Kier alpha value is -2.74. The molecular formula is C16H11BrN2O5. The highest BCUT2D eigenvalue weighted by Gasteiger charge is 2.41. The molecule has 2 aromatic rings. The van der Waals surface area contributed by atoms with E-state index in [4.69, 9.17) is 4.74 Å². The smallest absolute Gasteiger partial charge is 0.284 e. The molecule has 0 atom stereocenters. The van der Waals surface area contributed by atoms with Gasteiger partial charge in [0.2, 0.25) is 0 Å². The number of nitro benzene ring substituents is 1. The number of hydrogen-bond acceptors (Lipinski definition) is 5. The second kappa shape index (κ2) is 6.04. The predicted molar refractivity (Wildman–Crippen MR) is 88.0 cm³/mol. The van der Waals surface area contributed by atoms with Crippen LogP contribution in [0.5, 0.6) is 5.75 Å². The van der Waals surface area contributed by atoms with Gasteiger partial charge in [0.05, 0.1) is 24.1 Å². The van der Waals surface area contributed by atoms with Crippen LogP contribution < -0.4 is 4.74 Å². The van der Waals surface area contributed by atoms with Gasteiger partial charge in [-0.25, -0.2) is 0 Å². The monoisotopic (exact) mass is 390 g/mol. The molecular weight excluding hydrogens is 380 g/mol. The van der Waals surface area contributed by atoms with E-state index in [1.807, 2.05) is 0 Å². The van der Waals surface area contributed by atoms with Crippen molar-refractivity contribution in [1.82, 2.24) is 4.90 Å². The first-order valence-corrected chi connectivity index (χ1v) is 7.68. The molecule has 0 spiro atoms. The fourth-order valence-corrected chi connectivity index (χ4v) is 3.01. The number of nitrogens with zero attached hydrogens (tertiary/aromatic N) is 2. The van der Waals surface area contributed by atoms with Gasteiger partial charge in [-0.1, -0.05) is 28.1 Å². The summed E-state index contributed by atoms with van der Waals surface area (Å²) in [4.78, 5) is 36.6. The SMILES string of the molecule is COc1ccc(CN2C(=O)c3cc(Br)cc([N+](=O)[O-])c3C2=O)cc1. The van der Waals surface area contributed by atoms with Crippen molar-refractivity contribution in [2.24, 2.45) is 0 Å². The normalized spacial score (nSPS) is 13.2. The summed E-state index contributed by atoms with van der Waals surface area (Å²) in [7, 11) is 1.54. The van der Waals surface area contributed by atoms with Crippen LogP contribution >= 0.6 is 15.9 Å². The summed E-state index contributed by atoms with van der Waals surface area (Å²) in [6.07, 6.45) is 0. The van der Waals surface area contributed by atoms with E-state index in [1.54, 1.807) is 24.3 Å². The van der Waals surface area contributed by atoms with E-state index in [0.29, 0.717) is 15.8 Å². The quantitative estimate of drug-likeness (QED) is 0.454. The van der Waals surface area contributed by atoms with E-state index < -0.39 is 16.7 Å². The number of carbonyl (C=O) groups excluding carboxylic acids is 2. The van der Waals surface area contributed by atoms with Gasteiger partial charge in [-0.05, 0) is 23.8 Å². The van der Waals surface area contributed by atoms with Crippen molar-refractivity contribution in [2.75, 3.05) is 7.11 Å². The maximum absolute atomic E-state index is 12.5. The Labute approximate surface area is 145 Å². The van der Waals surface area contributed by atoms with E-state index >= 15 is 0 Å². The second-order valence-corrected chi connectivity index (χ2v) is 6.06. The van der Waals surface area contributed by atoms with Crippen LogP contribution in [0.1, 0.15) is 26.3 Å². The van der Waals surface area contributed by atoms with Crippen molar-refractivity contribution in [3.63, 3.8) is 0 Å². The summed E-state index contributed by atoms with van der Waals surface area (Å²) >= 11 is 3.13. The van der Waals surface area contributed by atoms with Crippen molar-refractivity contribution in [1.29, 1.82) is 0 Å². The first-order valence-electron chi connectivity index (χ1n) is 6.89. The number of hydrogen-bond donors (Lipinski definition) is 0. The lowest BCUT2D eigenvalue weighted by Gasteiger charge is -2.13. The van der Waals surface area contributed by atoms with Gasteiger partial charge in [0, 0.05) is 10.5 Å². The van der Waals surface area contributed by atoms with Crippen molar-refractivity contribution < 1.29 is 19.2 Å². The van der Waals surface area contributed by atoms with E-state index in [2.05, 4.69) is 15.9 Å². The summed E-state index contributed by atoms with van der Waals surface area (Å²) < 4.78 is 5.44. The summed E-state index contributed by atoms with van der Waals surface area (Å²) in [5, 5.41) is 11.2. The van der Waals surface area contributed by atoms with E-state index in [-0.39, 0.29) is 23.4 Å². The molecule has 0 bridgehead atoms. The Balaban J connectivity index is 1.97. The van der Waals surface area contributed by atoms with Gasteiger partial charge in [-0.2, -0.15) is 0 Å². The van der Waals surface area contributed by atoms with Crippen molar-refractivity contribution in [3.05, 3.63) is 67.7 Å².